The summed E-state index contributed by atoms with van der Waals surface area (Å²) in [5, 5.41) is 1.76. The third kappa shape index (κ3) is 3.75. The summed E-state index contributed by atoms with van der Waals surface area (Å²) in [6.45, 7) is 7.14. The molecule has 1 unspecified atom stereocenters. The van der Waals surface area contributed by atoms with Gasteiger partial charge in [0.1, 0.15) is 0 Å². The van der Waals surface area contributed by atoms with Crippen LogP contribution in [0.3, 0.4) is 0 Å². The van der Waals surface area contributed by atoms with Crippen LogP contribution in [0.15, 0.2) is 41.7 Å². The second-order valence-corrected chi connectivity index (χ2v) is 10.7. The van der Waals surface area contributed by atoms with Crippen molar-refractivity contribution < 1.29 is 44.0 Å². The van der Waals surface area contributed by atoms with Crippen LogP contribution in [0.4, 0.5) is 0 Å². The van der Waals surface area contributed by atoms with Crippen molar-refractivity contribution in [1.82, 2.24) is 4.98 Å². The SMILES string of the molecule is Cc1cc[nH][c]1[Ti+2][CH]1C([SiH](C)C)=Cc2ccccc21.[Cl-].[Cl-]. The zero-order valence-corrected chi connectivity index (χ0v) is 16.7. The quantitative estimate of drug-likeness (QED) is 0.561. The number of hydrogen-bond acceptors (Lipinski definition) is 0. The third-order valence-corrected chi connectivity index (χ3v) is 8.98. The topological polar surface area (TPSA) is 15.8 Å². The predicted molar refractivity (Wildman–Crippen MR) is 81.2 cm³/mol. The summed E-state index contributed by atoms with van der Waals surface area (Å²) in [4.78, 5) is 3.47. The summed E-state index contributed by atoms with van der Waals surface area (Å²) in [7, 11) is -0.727. The van der Waals surface area contributed by atoms with Crippen molar-refractivity contribution in [2.24, 2.45) is 0 Å². The number of aromatic nitrogens is 1. The molecule has 0 saturated carbocycles. The molecule has 0 amide bonds. The van der Waals surface area contributed by atoms with E-state index in [4.69, 9.17) is 0 Å². The number of nitrogens with one attached hydrogen (secondary N) is 1. The number of fused-ring (bicyclic) bond motifs is 1. The van der Waals surface area contributed by atoms with Gasteiger partial charge in [-0.05, 0) is 0 Å². The van der Waals surface area contributed by atoms with Gasteiger partial charge in [-0.25, -0.2) is 0 Å². The van der Waals surface area contributed by atoms with Gasteiger partial charge in [0, 0.05) is 0 Å². The van der Waals surface area contributed by atoms with Crippen LogP contribution in [0.1, 0.15) is 20.9 Å². The van der Waals surface area contributed by atoms with Gasteiger partial charge >= 0.3 is 126 Å². The first-order valence-electron chi connectivity index (χ1n) is 6.87. The Labute approximate surface area is 150 Å². The molecule has 1 aromatic heterocycles. The molecule has 0 bridgehead atoms. The van der Waals surface area contributed by atoms with E-state index in [-0.39, 0.29) is 44.0 Å². The molecule has 1 N–H and O–H groups in total. The van der Waals surface area contributed by atoms with Crippen LogP contribution in [0.25, 0.3) is 6.08 Å². The van der Waals surface area contributed by atoms with Gasteiger partial charge in [0.25, 0.3) is 0 Å². The van der Waals surface area contributed by atoms with Crippen LogP contribution >= 0.6 is 0 Å². The third-order valence-electron chi connectivity index (χ3n) is 3.87. The Morgan fingerprint density at radius 1 is 1.10 bits per heavy atom. The number of hydrogen-bond donors (Lipinski definition) is 1. The zero-order valence-electron chi connectivity index (χ0n) is 12.5. The molecule has 0 radical (unpaired) electrons. The normalized spacial score (nSPS) is 15.6. The number of aromatic amines is 1. The van der Waals surface area contributed by atoms with E-state index < -0.39 is 8.80 Å². The van der Waals surface area contributed by atoms with Crippen molar-refractivity contribution in [3.63, 3.8) is 0 Å². The Hall–Kier alpha value is -0.249. The average Bonchev–Trinajstić information content (AvgIpc) is 2.95. The van der Waals surface area contributed by atoms with Gasteiger partial charge in [-0.15, -0.1) is 0 Å². The summed E-state index contributed by atoms with van der Waals surface area (Å²) in [6.07, 6.45) is 4.57. The van der Waals surface area contributed by atoms with Crippen LogP contribution in [-0.4, -0.2) is 13.8 Å². The summed E-state index contributed by atoms with van der Waals surface area (Å²) < 4.78 is 2.24. The first kappa shape index (κ1) is 18.8. The summed E-state index contributed by atoms with van der Waals surface area (Å²) in [6, 6.07) is 11.2. The molecule has 0 fully saturated rings. The smallest absolute Gasteiger partial charge is 1.00 e. The molecule has 1 aliphatic carbocycles. The van der Waals surface area contributed by atoms with Crippen LogP contribution < -0.4 is 28.8 Å². The second-order valence-electron chi connectivity index (χ2n) is 5.54. The Bertz CT molecular complexity index is 637. The summed E-state index contributed by atoms with van der Waals surface area (Å²) in [5.41, 5.74) is 4.48. The van der Waals surface area contributed by atoms with Crippen molar-refractivity contribution >= 4 is 18.9 Å². The first-order valence-corrected chi connectivity index (χ1v) is 11.4. The maximum absolute atomic E-state index is 3.47. The molecule has 0 aliphatic heterocycles. The van der Waals surface area contributed by atoms with Crippen LogP contribution in [0.2, 0.25) is 13.1 Å². The minimum Gasteiger partial charge on any atom is -1.00 e. The van der Waals surface area contributed by atoms with Gasteiger partial charge in [-0.3, -0.25) is 0 Å². The van der Waals surface area contributed by atoms with Gasteiger partial charge < -0.3 is 24.8 Å². The molecule has 1 aromatic carbocycles. The summed E-state index contributed by atoms with van der Waals surface area (Å²) >= 11 is -0.167. The standard InChI is InChI=1S/C11H13Si.C5H6N.2ClH.Ti/c1-12(2)11-7-9-5-3-4-6-10(9)8-11;1-5-2-3-6-4-5;;;/h3-8,12H,1-2H3;2-3,6H,1H3;2*1H;/q;;;;+2/p-2. The van der Waals surface area contributed by atoms with E-state index in [9.17, 15) is 0 Å². The number of rotatable bonds is 3. The van der Waals surface area contributed by atoms with E-state index >= 15 is 0 Å². The van der Waals surface area contributed by atoms with Gasteiger partial charge in [0.05, 0.1) is 0 Å². The number of aryl methyl sites for hydroxylation is 1. The van der Waals surface area contributed by atoms with Gasteiger partial charge in [-0.2, -0.15) is 0 Å². The minimum atomic E-state index is -0.727. The molecule has 1 atom stereocenters. The Kier molecular flexibility index (Phi) is 7.02. The summed E-state index contributed by atoms with van der Waals surface area (Å²) in [5.74, 6) is 0. The molecule has 1 aliphatic rings. The second kappa shape index (κ2) is 7.85. The molecule has 5 heteroatoms. The number of benzene rings is 1. The van der Waals surface area contributed by atoms with Crippen molar-refractivity contribution in [2.45, 2.75) is 24.2 Å². The monoisotopic (exact) mass is 371 g/mol. The fraction of sp³-hybridized carbons (Fsp3) is 0.250. The molecule has 110 valence electrons. The predicted octanol–water partition coefficient (Wildman–Crippen LogP) is -2.80. The Balaban J connectivity index is 0.00000110. The van der Waals surface area contributed by atoms with E-state index in [0.717, 1.165) is 4.22 Å². The largest absolute Gasteiger partial charge is 1.00 e. The Morgan fingerprint density at radius 2 is 1.81 bits per heavy atom. The van der Waals surface area contributed by atoms with E-state index in [2.05, 4.69) is 67.6 Å². The van der Waals surface area contributed by atoms with E-state index in [1.807, 2.05) is 0 Å². The molecule has 21 heavy (non-hydrogen) atoms. The van der Waals surface area contributed by atoms with Crippen LogP contribution in [0, 0.1) is 6.92 Å². The first-order chi connectivity index (χ1) is 9.16. The minimum absolute atomic E-state index is 0. The molecular formula is C16H19Cl2NSiTi. The van der Waals surface area contributed by atoms with Crippen LogP contribution in [0.5, 0.6) is 0 Å². The van der Waals surface area contributed by atoms with Gasteiger partial charge in [-0.1, -0.05) is 0 Å². The fourth-order valence-electron chi connectivity index (χ4n) is 2.76. The Morgan fingerprint density at radius 3 is 2.43 bits per heavy atom. The van der Waals surface area contributed by atoms with E-state index in [1.54, 1.807) is 10.8 Å². The molecule has 0 saturated heterocycles. The zero-order chi connectivity index (χ0) is 13.4. The van der Waals surface area contributed by atoms with Crippen molar-refractivity contribution in [3.8, 4) is 0 Å². The van der Waals surface area contributed by atoms with Crippen molar-refractivity contribution in [2.75, 3.05) is 0 Å². The van der Waals surface area contributed by atoms with Gasteiger partial charge in [0.15, 0.2) is 0 Å². The molecular weight excluding hydrogens is 353 g/mol. The van der Waals surface area contributed by atoms with Crippen LogP contribution in [-0.2, 0) is 19.2 Å². The van der Waals surface area contributed by atoms with Crippen molar-refractivity contribution in [1.29, 1.82) is 0 Å². The van der Waals surface area contributed by atoms with Gasteiger partial charge in [0.2, 0.25) is 0 Å². The maximum atomic E-state index is 3.47. The molecule has 0 spiro atoms. The molecule has 3 rings (SSSR count). The van der Waals surface area contributed by atoms with E-state index in [1.165, 1.54) is 15.1 Å². The van der Waals surface area contributed by atoms with E-state index in [0.29, 0.717) is 0 Å². The number of allylic oxidation sites excluding steroid dienone is 1. The average molecular weight is 372 g/mol. The molecule has 2 aromatic rings. The number of halogens is 2. The fourth-order valence-corrected chi connectivity index (χ4v) is 8.26. The number of H-pyrrole nitrogens is 1. The van der Waals surface area contributed by atoms with Crippen molar-refractivity contribution in [3.05, 3.63) is 58.4 Å². The maximum Gasteiger partial charge on any atom is -1.00 e. The molecule has 1 heterocycles. The molecule has 1 nitrogen and oxygen atoms in total.